The minimum Gasteiger partial charge on any atom is -0.394 e. The molecule has 28 heavy (non-hydrogen) atoms. The van der Waals surface area contributed by atoms with E-state index in [9.17, 15) is 9.90 Å². The summed E-state index contributed by atoms with van der Waals surface area (Å²) in [5, 5.41) is 13.8. The van der Waals surface area contributed by atoms with Gasteiger partial charge >= 0.3 is 6.03 Å². The Kier molecular flexibility index (Phi) is 5.07. The Morgan fingerprint density at radius 3 is 2.64 bits per heavy atom. The summed E-state index contributed by atoms with van der Waals surface area (Å²) >= 11 is 0. The van der Waals surface area contributed by atoms with Crippen LogP contribution in [0.1, 0.15) is 6.42 Å². The molecule has 0 unspecified atom stereocenters. The molecule has 1 aliphatic rings. The number of aliphatic hydroxyl groups is 1. The van der Waals surface area contributed by atoms with E-state index in [1.54, 1.807) is 4.90 Å². The SMILES string of the molecule is CN(C)[C@@H]1C[C@@H](CO)N(C(=O)Nc2ccc(-c3cc4ccccc4[nH]3)cc2)C1. The summed E-state index contributed by atoms with van der Waals surface area (Å²) < 4.78 is 0. The summed E-state index contributed by atoms with van der Waals surface area (Å²) in [4.78, 5) is 20.0. The van der Waals surface area contributed by atoms with Gasteiger partial charge in [0.1, 0.15) is 0 Å². The van der Waals surface area contributed by atoms with Gasteiger partial charge in [-0.2, -0.15) is 0 Å². The van der Waals surface area contributed by atoms with Crippen LogP contribution in [0.5, 0.6) is 0 Å². The normalized spacial score (nSPS) is 19.5. The van der Waals surface area contributed by atoms with Gasteiger partial charge in [-0.1, -0.05) is 30.3 Å². The topological polar surface area (TPSA) is 71.6 Å². The fourth-order valence-corrected chi connectivity index (χ4v) is 3.85. The van der Waals surface area contributed by atoms with Gasteiger partial charge in [-0.15, -0.1) is 0 Å². The van der Waals surface area contributed by atoms with Crippen molar-refractivity contribution in [3.05, 3.63) is 54.6 Å². The van der Waals surface area contributed by atoms with Gasteiger partial charge in [-0.05, 0) is 50.3 Å². The van der Waals surface area contributed by atoms with Crippen LogP contribution in [0, 0.1) is 0 Å². The zero-order valence-electron chi connectivity index (χ0n) is 16.2. The van der Waals surface area contributed by atoms with Gasteiger partial charge in [0.2, 0.25) is 0 Å². The van der Waals surface area contributed by atoms with Gasteiger partial charge < -0.3 is 25.2 Å². The minimum atomic E-state index is -0.165. The fourth-order valence-electron chi connectivity index (χ4n) is 3.85. The third-order valence-electron chi connectivity index (χ3n) is 5.57. The Bertz CT molecular complexity index is 931. The van der Waals surface area contributed by atoms with Gasteiger partial charge in [0.05, 0.1) is 12.6 Å². The van der Waals surface area contributed by atoms with E-state index in [1.165, 1.54) is 5.39 Å². The number of fused-ring (bicyclic) bond motifs is 1. The number of nitrogens with zero attached hydrogens (tertiary/aromatic N) is 2. The summed E-state index contributed by atoms with van der Waals surface area (Å²) in [5.74, 6) is 0. The van der Waals surface area contributed by atoms with Gasteiger partial charge in [-0.25, -0.2) is 4.79 Å². The standard InChI is InChI=1S/C22H26N4O2/c1-25(2)18-12-19(14-27)26(13-18)22(28)23-17-9-7-15(8-10-17)21-11-16-5-3-4-6-20(16)24-21/h3-11,18-19,24,27H,12-14H2,1-2H3,(H,23,28)/t18-,19+/m1/s1. The van der Waals surface area contributed by atoms with E-state index in [1.807, 2.05) is 50.5 Å². The van der Waals surface area contributed by atoms with Crippen molar-refractivity contribution in [1.82, 2.24) is 14.8 Å². The molecule has 3 aromatic rings. The van der Waals surface area contributed by atoms with Gasteiger partial charge in [-0.3, -0.25) is 0 Å². The highest BCUT2D eigenvalue weighted by molar-refractivity contribution is 5.90. The number of anilines is 1. The lowest BCUT2D eigenvalue weighted by Crippen LogP contribution is -2.41. The van der Waals surface area contributed by atoms with Crippen molar-refractivity contribution in [3.8, 4) is 11.3 Å². The predicted octanol–water partition coefficient (Wildman–Crippen LogP) is 3.36. The highest BCUT2D eigenvalue weighted by atomic mass is 16.3. The predicted molar refractivity (Wildman–Crippen MR) is 112 cm³/mol. The number of aromatic amines is 1. The van der Waals surface area contributed by atoms with E-state index in [0.29, 0.717) is 6.54 Å². The number of hydrogen-bond acceptors (Lipinski definition) is 3. The molecule has 2 amide bonds. The number of urea groups is 1. The third kappa shape index (κ3) is 3.61. The van der Waals surface area contributed by atoms with E-state index in [0.717, 1.165) is 28.9 Å². The van der Waals surface area contributed by atoms with Crippen molar-refractivity contribution in [2.45, 2.75) is 18.5 Å². The molecular weight excluding hydrogens is 352 g/mol. The highest BCUT2D eigenvalue weighted by Gasteiger charge is 2.35. The summed E-state index contributed by atoms with van der Waals surface area (Å²) in [6.07, 6.45) is 0.788. The monoisotopic (exact) mass is 378 g/mol. The molecule has 6 heteroatoms. The first-order valence-electron chi connectivity index (χ1n) is 9.58. The lowest BCUT2D eigenvalue weighted by molar-refractivity contribution is 0.166. The van der Waals surface area contributed by atoms with Crippen molar-refractivity contribution in [2.24, 2.45) is 0 Å². The molecule has 1 fully saturated rings. The largest absolute Gasteiger partial charge is 0.394 e. The molecule has 3 N–H and O–H groups in total. The molecule has 2 atom stereocenters. The van der Waals surface area contributed by atoms with E-state index in [-0.39, 0.29) is 24.7 Å². The van der Waals surface area contributed by atoms with Crippen LogP contribution >= 0.6 is 0 Å². The van der Waals surface area contributed by atoms with Crippen LogP contribution < -0.4 is 5.32 Å². The average molecular weight is 378 g/mol. The van der Waals surface area contributed by atoms with E-state index < -0.39 is 0 Å². The Labute approximate surface area is 164 Å². The molecular formula is C22H26N4O2. The van der Waals surface area contributed by atoms with Crippen LogP contribution in [0.4, 0.5) is 10.5 Å². The molecule has 6 nitrogen and oxygen atoms in total. The second-order valence-corrected chi connectivity index (χ2v) is 7.62. The van der Waals surface area contributed by atoms with Crippen molar-refractivity contribution >= 4 is 22.6 Å². The number of carbonyl (C=O) groups excluding carboxylic acids is 1. The van der Waals surface area contributed by atoms with Gasteiger partial charge in [0.25, 0.3) is 0 Å². The number of aromatic nitrogens is 1. The molecule has 0 bridgehead atoms. The number of H-pyrrole nitrogens is 1. The average Bonchev–Trinajstić information content (AvgIpc) is 3.33. The van der Waals surface area contributed by atoms with Gasteiger partial charge in [0, 0.05) is 34.9 Å². The number of rotatable bonds is 4. The minimum absolute atomic E-state index is 0.0168. The summed E-state index contributed by atoms with van der Waals surface area (Å²) in [7, 11) is 4.01. The fraction of sp³-hybridized carbons (Fsp3) is 0.318. The van der Waals surface area contributed by atoms with Crippen LogP contribution in [0.3, 0.4) is 0 Å². The number of benzene rings is 2. The van der Waals surface area contributed by atoms with Gasteiger partial charge in [0.15, 0.2) is 0 Å². The number of carbonyl (C=O) groups is 1. The zero-order valence-corrected chi connectivity index (χ0v) is 16.2. The highest BCUT2D eigenvalue weighted by Crippen LogP contribution is 2.26. The van der Waals surface area contributed by atoms with E-state index >= 15 is 0 Å². The Morgan fingerprint density at radius 2 is 1.96 bits per heavy atom. The maximum absolute atomic E-state index is 12.7. The first-order chi connectivity index (χ1) is 13.5. The smallest absolute Gasteiger partial charge is 0.322 e. The number of amides is 2. The molecule has 1 aliphatic heterocycles. The van der Waals surface area contributed by atoms with E-state index in [2.05, 4.69) is 33.4 Å². The van der Waals surface area contributed by atoms with Crippen molar-refractivity contribution in [2.75, 3.05) is 32.6 Å². The zero-order chi connectivity index (χ0) is 19.7. The number of para-hydroxylation sites is 1. The molecule has 0 saturated carbocycles. The van der Waals surface area contributed by atoms with Crippen molar-refractivity contribution < 1.29 is 9.90 Å². The number of hydrogen-bond donors (Lipinski definition) is 3. The summed E-state index contributed by atoms with van der Waals surface area (Å²) in [5.41, 5.74) is 3.97. The molecule has 4 rings (SSSR count). The van der Waals surface area contributed by atoms with Crippen LogP contribution in [0.25, 0.3) is 22.2 Å². The van der Waals surface area contributed by atoms with Crippen LogP contribution in [-0.4, -0.2) is 65.3 Å². The number of nitrogens with one attached hydrogen (secondary N) is 2. The number of likely N-dealkylation sites (tertiary alicyclic amines) is 1. The number of aliphatic hydroxyl groups excluding tert-OH is 1. The second kappa shape index (κ2) is 7.66. The van der Waals surface area contributed by atoms with Crippen molar-refractivity contribution in [1.29, 1.82) is 0 Å². The van der Waals surface area contributed by atoms with Crippen molar-refractivity contribution in [3.63, 3.8) is 0 Å². The molecule has 2 heterocycles. The Morgan fingerprint density at radius 1 is 1.21 bits per heavy atom. The quantitative estimate of drug-likeness (QED) is 0.652. The second-order valence-electron chi connectivity index (χ2n) is 7.62. The first kappa shape index (κ1) is 18.5. The molecule has 0 aliphatic carbocycles. The maximum Gasteiger partial charge on any atom is 0.322 e. The maximum atomic E-state index is 12.7. The first-order valence-corrected chi connectivity index (χ1v) is 9.58. The Balaban J connectivity index is 1.46. The van der Waals surface area contributed by atoms with Crippen LogP contribution in [-0.2, 0) is 0 Å². The Hall–Kier alpha value is -2.83. The third-order valence-corrected chi connectivity index (χ3v) is 5.57. The molecule has 1 saturated heterocycles. The summed E-state index contributed by atoms with van der Waals surface area (Å²) in [6.45, 7) is 0.605. The number of likely N-dealkylation sites (N-methyl/N-ethyl adjacent to an activating group) is 1. The molecule has 146 valence electrons. The van der Waals surface area contributed by atoms with Crippen LogP contribution in [0.15, 0.2) is 54.6 Å². The summed E-state index contributed by atoms with van der Waals surface area (Å²) in [6, 6.07) is 18.1. The van der Waals surface area contributed by atoms with E-state index in [4.69, 9.17) is 0 Å². The molecule has 1 aromatic heterocycles. The lowest BCUT2D eigenvalue weighted by Gasteiger charge is -2.23. The molecule has 2 aromatic carbocycles. The lowest BCUT2D eigenvalue weighted by atomic mass is 10.1. The molecule has 0 spiro atoms. The molecule has 0 radical (unpaired) electrons. The van der Waals surface area contributed by atoms with Crippen LogP contribution in [0.2, 0.25) is 0 Å².